The Bertz CT molecular complexity index is 2700. The number of likely N-dealkylation sites (N-methyl/N-ethyl adjacent to an activating group) is 1. The second kappa shape index (κ2) is 26.7. The number of anilines is 1. The fourth-order valence-corrected chi connectivity index (χ4v) is 10.4. The lowest BCUT2D eigenvalue weighted by molar-refractivity contribution is -0.142. The van der Waals surface area contributed by atoms with Crippen molar-refractivity contribution in [3.8, 4) is 22.4 Å². The number of likely N-dealkylation sites (tertiary alicyclic amines) is 1. The van der Waals surface area contributed by atoms with Gasteiger partial charge in [0.25, 0.3) is 18.8 Å². The number of fused-ring (bicyclic) bond motifs is 1. The highest BCUT2D eigenvalue weighted by atomic mass is 19.4. The van der Waals surface area contributed by atoms with Gasteiger partial charge in [0.1, 0.15) is 18.6 Å². The number of pyridine rings is 1. The van der Waals surface area contributed by atoms with E-state index in [1.54, 1.807) is 51.2 Å². The van der Waals surface area contributed by atoms with Crippen LogP contribution in [0.4, 0.5) is 27.6 Å². The van der Waals surface area contributed by atoms with Crippen LogP contribution in [0.1, 0.15) is 95.2 Å². The number of hydrogen-bond donors (Lipinski definition) is 3. The lowest BCUT2D eigenvalue weighted by atomic mass is 9.84. The van der Waals surface area contributed by atoms with Crippen molar-refractivity contribution < 1.29 is 55.4 Å². The SMILES string of the molecule is C=CC(=O)N1CCCC1.COC(C)c1ncc(N2CCNCC2)cc1-c1c(CC(C)(C)COC=O)c2cc(-c3cc(CC(NC(=O)C(C(C)C)N(C)C=O)C(=O)N4CCCCN4)cc(C(F)F)c3)ccc2n1CC(F)(F)F. The van der Waals surface area contributed by atoms with E-state index in [4.69, 9.17) is 14.5 Å². The summed E-state index contributed by atoms with van der Waals surface area (Å²) in [6.07, 6.45) is -0.934. The van der Waals surface area contributed by atoms with Crippen molar-refractivity contribution in [2.75, 3.05) is 78.0 Å². The first-order valence-electron chi connectivity index (χ1n) is 26.2. The molecule has 3 atom stereocenters. The summed E-state index contributed by atoms with van der Waals surface area (Å²) < 4.78 is 86.7. The van der Waals surface area contributed by atoms with Gasteiger partial charge in [-0.05, 0) is 97.5 Å². The number of benzene rings is 2. The zero-order valence-corrected chi connectivity index (χ0v) is 45.2. The smallest absolute Gasteiger partial charge is 0.406 e. The molecule has 0 spiro atoms. The van der Waals surface area contributed by atoms with Gasteiger partial charge in [-0.3, -0.25) is 34.0 Å². The van der Waals surface area contributed by atoms with Crippen molar-refractivity contribution in [2.45, 2.75) is 110 Å². The summed E-state index contributed by atoms with van der Waals surface area (Å²) in [4.78, 5) is 72.0. The Morgan fingerprint density at radius 1 is 0.922 bits per heavy atom. The van der Waals surface area contributed by atoms with Gasteiger partial charge in [-0.15, -0.1) is 0 Å². The average molecular weight is 1080 g/mol. The van der Waals surface area contributed by atoms with E-state index in [0.29, 0.717) is 97.6 Å². The first kappa shape index (κ1) is 59.8. The number of carbonyl (C=O) groups is 5. The van der Waals surface area contributed by atoms with Gasteiger partial charge >= 0.3 is 6.18 Å². The van der Waals surface area contributed by atoms with Crippen molar-refractivity contribution in [3.63, 3.8) is 0 Å². The summed E-state index contributed by atoms with van der Waals surface area (Å²) in [5.74, 6) is -1.33. The van der Waals surface area contributed by atoms with Crippen LogP contribution in [0.3, 0.4) is 0 Å². The van der Waals surface area contributed by atoms with E-state index >= 15 is 0 Å². The van der Waals surface area contributed by atoms with Crippen LogP contribution in [0, 0.1) is 11.3 Å². The molecule has 7 rings (SSSR count). The van der Waals surface area contributed by atoms with Crippen molar-refractivity contribution in [2.24, 2.45) is 11.3 Å². The van der Waals surface area contributed by atoms with Crippen molar-refractivity contribution in [1.29, 1.82) is 0 Å². The maximum absolute atomic E-state index is 14.9. The predicted octanol–water partition coefficient (Wildman–Crippen LogP) is 7.79. The molecule has 2 aromatic carbocycles. The van der Waals surface area contributed by atoms with Crippen LogP contribution in [-0.2, 0) is 52.8 Å². The minimum Gasteiger partial charge on any atom is -0.467 e. The van der Waals surface area contributed by atoms with E-state index in [1.165, 1.54) is 46.8 Å². The van der Waals surface area contributed by atoms with Gasteiger partial charge in [-0.2, -0.15) is 13.2 Å². The molecule has 420 valence electrons. The molecule has 77 heavy (non-hydrogen) atoms. The van der Waals surface area contributed by atoms with Crippen molar-refractivity contribution in [3.05, 3.63) is 83.7 Å². The van der Waals surface area contributed by atoms with E-state index in [0.717, 1.165) is 32.4 Å². The van der Waals surface area contributed by atoms with Gasteiger partial charge in [0.15, 0.2) is 0 Å². The summed E-state index contributed by atoms with van der Waals surface area (Å²) in [6.45, 7) is 16.6. The summed E-state index contributed by atoms with van der Waals surface area (Å²) in [5, 5.41) is 7.95. The number of hydrazine groups is 1. The Morgan fingerprint density at radius 3 is 2.22 bits per heavy atom. The summed E-state index contributed by atoms with van der Waals surface area (Å²) in [7, 11) is 2.95. The molecule has 21 heteroatoms. The van der Waals surface area contributed by atoms with Gasteiger partial charge < -0.3 is 39.4 Å². The highest BCUT2D eigenvalue weighted by molar-refractivity contribution is 5.96. The number of amides is 4. The number of alkyl halides is 5. The molecule has 3 aliphatic rings. The number of hydrogen-bond acceptors (Lipinski definition) is 11. The van der Waals surface area contributed by atoms with E-state index in [2.05, 4.69) is 27.5 Å². The molecule has 2 aromatic heterocycles. The average Bonchev–Trinajstić information content (AvgIpc) is 4.06. The molecule has 0 radical (unpaired) electrons. The molecule has 0 bridgehead atoms. The zero-order chi connectivity index (χ0) is 56.2. The number of nitrogens with one attached hydrogen (secondary N) is 3. The quantitative estimate of drug-likeness (QED) is 0.0423. The van der Waals surface area contributed by atoms with Crippen molar-refractivity contribution in [1.82, 2.24) is 40.4 Å². The van der Waals surface area contributed by atoms with Crippen LogP contribution >= 0.6 is 0 Å². The van der Waals surface area contributed by atoms with E-state index in [1.807, 2.05) is 24.8 Å². The Kier molecular flexibility index (Phi) is 20.8. The standard InChI is InChI=1S/C49H63F5N8O6.C7H11NO/c1-30(2)43(59(6)28-63)46(65)58-40(47(66)62-15-9-8-12-57-62)20-32-18-34(21-35(19-32)45(50)51)33-10-11-41-37(22-33)39(24-48(4,5)27-68-29-64)44(61(41)26-49(52,53)54)38-23-36(60-16-13-55-14-17-60)25-56-42(38)31(3)67-7;1-2-7(9)8-5-3-4-6-8/h10-11,18-19,21-23,25,28-31,40,43,45,55,57H,8-9,12-17,20,24,26-27H2,1-7H3,(H,58,65);2H,1,3-6H2. The Hall–Kier alpha value is -6.45. The minimum absolute atomic E-state index is 0.0610. The number of carbonyl (C=O) groups excluding carboxylic acids is 5. The topological polar surface area (TPSA) is 171 Å². The summed E-state index contributed by atoms with van der Waals surface area (Å²) in [5.41, 5.74) is 5.34. The molecule has 4 aromatic rings. The zero-order valence-electron chi connectivity index (χ0n) is 45.2. The number of piperazine rings is 1. The Labute approximate surface area is 447 Å². The highest BCUT2D eigenvalue weighted by Gasteiger charge is 2.36. The first-order valence-corrected chi connectivity index (χ1v) is 26.2. The third kappa shape index (κ3) is 15.4. The second-order valence-corrected chi connectivity index (χ2v) is 21.1. The van der Waals surface area contributed by atoms with Crippen LogP contribution in [0.2, 0.25) is 0 Å². The van der Waals surface area contributed by atoms with E-state index in [9.17, 15) is 45.9 Å². The number of aromatic nitrogens is 2. The summed E-state index contributed by atoms with van der Waals surface area (Å²) in [6, 6.07) is 8.71. The number of halogens is 5. The normalized spacial score (nSPS) is 16.4. The van der Waals surface area contributed by atoms with E-state index < -0.39 is 54.6 Å². The predicted molar refractivity (Wildman–Crippen MR) is 285 cm³/mol. The lowest BCUT2D eigenvalue weighted by Crippen LogP contribution is -2.58. The molecule has 3 saturated heterocycles. The van der Waals surface area contributed by atoms with Crippen LogP contribution in [0.5, 0.6) is 0 Å². The Morgan fingerprint density at radius 2 is 1.62 bits per heavy atom. The third-order valence-electron chi connectivity index (χ3n) is 14.2. The molecular formula is C56H74F5N9O7. The fourth-order valence-electron chi connectivity index (χ4n) is 10.4. The third-order valence-corrected chi connectivity index (χ3v) is 14.2. The molecule has 3 aliphatic heterocycles. The fraction of sp³-hybridized carbons (Fsp3) is 0.536. The van der Waals surface area contributed by atoms with Crippen LogP contribution < -0.4 is 21.0 Å². The number of nitrogens with zero attached hydrogens (tertiary/aromatic N) is 6. The molecular weight excluding hydrogens is 1010 g/mol. The molecule has 0 aliphatic carbocycles. The Balaban J connectivity index is 0.000000966. The lowest BCUT2D eigenvalue weighted by Gasteiger charge is -2.33. The maximum Gasteiger partial charge on any atom is 0.406 e. The molecule has 5 heterocycles. The van der Waals surface area contributed by atoms with Crippen LogP contribution in [0.15, 0.2) is 61.3 Å². The molecule has 3 fully saturated rings. The number of methoxy groups -OCH3 is 1. The number of rotatable bonds is 21. The van der Waals surface area contributed by atoms with Gasteiger partial charge in [-0.25, -0.2) is 14.2 Å². The largest absolute Gasteiger partial charge is 0.467 e. The second-order valence-electron chi connectivity index (χ2n) is 21.1. The monoisotopic (exact) mass is 1080 g/mol. The molecule has 16 nitrogen and oxygen atoms in total. The first-order chi connectivity index (χ1) is 36.6. The van der Waals surface area contributed by atoms with Gasteiger partial charge in [0.05, 0.1) is 36.0 Å². The molecule has 0 saturated carbocycles. The molecule has 3 N–H and O–H groups in total. The molecule has 4 amide bonds. The van der Waals surface area contributed by atoms with Crippen molar-refractivity contribution >= 4 is 47.2 Å². The van der Waals surface area contributed by atoms with Gasteiger partial charge in [0.2, 0.25) is 18.2 Å². The van der Waals surface area contributed by atoms with Crippen LogP contribution in [-0.4, -0.2) is 146 Å². The van der Waals surface area contributed by atoms with E-state index in [-0.39, 0.29) is 53.6 Å². The molecule has 3 unspecified atom stereocenters. The van der Waals surface area contributed by atoms with Gasteiger partial charge in [-0.1, -0.05) is 52.5 Å². The van der Waals surface area contributed by atoms with Crippen LogP contribution in [0.25, 0.3) is 33.3 Å². The maximum atomic E-state index is 14.9. The highest BCUT2D eigenvalue weighted by Crippen LogP contribution is 2.44. The minimum atomic E-state index is -4.69. The summed E-state index contributed by atoms with van der Waals surface area (Å²) >= 11 is 0. The van der Waals surface area contributed by atoms with Gasteiger partial charge in [0, 0.05) is 100 Å². The number of ether oxygens (including phenoxy) is 2.